The van der Waals surface area contributed by atoms with E-state index in [9.17, 15) is 4.79 Å². The quantitative estimate of drug-likeness (QED) is 0.447. The maximum atomic E-state index is 10.3. The van der Waals surface area contributed by atoms with E-state index in [0.29, 0.717) is 5.69 Å². The molecule has 0 aliphatic heterocycles. The van der Waals surface area contributed by atoms with Gasteiger partial charge in [0.15, 0.2) is 0 Å². The number of hydrogen-bond donors (Lipinski definition) is 2. The minimum atomic E-state index is -0.931. The maximum Gasteiger partial charge on any atom is 0.335 e. The van der Waals surface area contributed by atoms with Gasteiger partial charge in [-0.1, -0.05) is 0 Å². The van der Waals surface area contributed by atoms with Crippen LogP contribution in [0, 0.1) is 0 Å². The van der Waals surface area contributed by atoms with Crippen molar-refractivity contribution < 1.29 is 9.90 Å². The second-order valence-corrected chi connectivity index (χ2v) is 1.93. The Balaban J connectivity index is 0.000001000. The summed E-state index contributed by atoms with van der Waals surface area (Å²) in [6.45, 7) is 0. The van der Waals surface area contributed by atoms with Crippen molar-refractivity contribution in [1.29, 1.82) is 0 Å². The fourth-order valence-corrected chi connectivity index (χ4v) is 0.626. The largest absolute Gasteiger partial charge is 0.478 e. The first-order valence-corrected chi connectivity index (χ1v) is 2.79. The number of nitrogens with two attached hydrogens (primary N) is 1. The second-order valence-electron chi connectivity index (χ2n) is 1.93. The number of rotatable bonds is 1. The average molecular weight is 144 g/mol. The van der Waals surface area contributed by atoms with Crippen molar-refractivity contribution in [2.75, 3.05) is 5.73 Å². The molecule has 1 rings (SSSR count). The predicted octanol–water partition coefficient (Wildman–Crippen LogP) is 0.586. The van der Waals surface area contributed by atoms with Crippen molar-refractivity contribution >= 4 is 30.5 Å². The topological polar surface area (TPSA) is 63.3 Å². The Hall–Kier alpha value is -0.913. The Labute approximate surface area is 76.4 Å². The third kappa shape index (κ3) is 2.67. The van der Waals surface area contributed by atoms with E-state index < -0.39 is 5.97 Å². The van der Waals surface area contributed by atoms with Crippen LogP contribution >= 0.6 is 0 Å². The van der Waals surface area contributed by atoms with Crippen molar-refractivity contribution in [3.63, 3.8) is 0 Å². The van der Waals surface area contributed by atoms with Crippen LogP contribution in [0.4, 0.5) is 5.69 Å². The first kappa shape index (κ1) is 10.1. The summed E-state index contributed by atoms with van der Waals surface area (Å²) in [7, 11) is 0. The van der Waals surface area contributed by atoms with Gasteiger partial charge >= 0.3 is 5.97 Å². The van der Waals surface area contributed by atoms with Gasteiger partial charge in [-0.3, -0.25) is 0 Å². The normalized spacial score (nSPS) is 8.36. The molecule has 1 aromatic carbocycles. The van der Waals surface area contributed by atoms with Crippen LogP contribution in [0.2, 0.25) is 0 Å². The molecule has 0 heterocycles. The number of aromatic carboxylic acids is 1. The van der Waals surface area contributed by atoms with E-state index in [1.807, 2.05) is 0 Å². The molecule has 0 unspecified atom stereocenters. The van der Waals surface area contributed by atoms with Crippen molar-refractivity contribution in [2.24, 2.45) is 0 Å². The fraction of sp³-hybridized carbons (Fsp3) is 0. The zero-order chi connectivity index (χ0) is 7.56. The molecule has 0 spiro atoms. The van der Waals surface area contributed by atoms with Gasteiger partial charge in [-0.05, 0) is 24.3 Å². The summed E-state index contributed by atoms with van der Waals surface area (Å²) in [5.74, 6) is -0.931. The molecule has 0 fully saturated rings. The zero-order valence-electron chi connectivity index (χ0n) is 6.24. The van der Waals surface area contributed by atoms with Crippen molar-refractivity contribution in [1.82, 2.24) is 0 Å². The van der Waals surface area contributed by atoms with Crippen LogP contribution in [0.25, 0.3) is 0 Å². The molecule has 0 aromatic heterocycles. The molecule has 53 valence electrons. The average Bonchev–Trinajstić information content (AvgIpc) is 1.88. The van der Waals surface area contributed by atoms with Crippen LogP contribution in [0.5, 0.6) is 0 Å². The van der Waals surface area contributed by atoms with Gasteiger partial charge in [0, 0.05) is 24.5 Å². The Bertz CT molecular complexity index is 245. The van der Waals surface area contributed by atoms with Gasteiger partial charge in [0.1, 0.15) is 0 Å². The molecule has 0 aliphatic rings. The number of anilines is 1. The van der Waals surface area contributed by atoms with Crippen LogP contribution in [-0.2, 0) is 0 Å². The van der Waals surface area contributed by atoms with Crippen molar-refractivity contribution in [3.8, 4) is 0 Å². The molecular weight excluding hydrogens is 137 g/mol. The minimum absolute atomic E-state index is 0. The Morgan fingerprint density at radius 1 is 1.27 bits per heavy atom. The summed E-state index contributed by atoms with van der Waals surface area (Å²) < 4.78 is 0. The molecule has 0 aliphatic carbocycles. The molecule has 0 amide bonds. The third-order valence-electron chi connectivity index (χ3n) is 1.16. The summed E-state index contributed by atoms with van der Waals surface area (Å²) in [4.78, 5) is 10.3. The van der Waals surface area contributed by atoms with Gasteiger partial charge in [0.05, 0.1) is 5.56 Å². The number of carboxylic acid groups (broad SMARTS) is 1. The fourth-order valence-electron chi connectivity index (χ4n) is 0.626. The summed E-state index contributed by atoms with van der Waals surface area (Å²) in [5.41, 5.74) is 6.17. The van der Waals surface area contributed by atoms with E-state index in [2.05, 4.69) is 0 Å². The van der Waals surface area contributed by atoms with Crippen molar-refractivity contribution in [2.45, 2.75) is 0 Å². The molecule has 0 atom stereocenters. The van der Waals surface area contributed by atoms with Gasteiger partial charge in [0.25, 0.3) is 0 Å². The number of nitrogen functional groups attached to an aromatic ring is 1. The number of carbonyl (C=O) groups is 1. The first-order chi connectivity index (χ1) is 4.70. The SMILES string of the molecule is Nc1ccc(C(=O)O)cc1.[Li]. The van der Waals surface area contributed by atoms with Crippen LogP contribution < -0.4 is 5.73 Å². The number of benzene rings is 1. The van der Waals surface area contributed by atoms with Gasteiger partial charge in [-0.25, -0.2) is 4.79 Å². The molecule has 3 nitrogen and oxygen atoms in total. The molecule has 0 saturated carbocycles. The van der Waals surface area contributed by atoms with Crippen molar-refractivity contribution in [3.05, 3.63) is 29.8 Å². The Morgan fingerprint density at radius 2 is 1.73 bits per heavy atom. The molecule has 4 heteroatoms. The number of carboxylic acids is 1. The van der Waals surface area contributed by atoms with E-state index in [1.54, 1.807) is 12.1 Å². The standard InChI is InChI=1S/C7H7NO2.Li/c8-6-3-1-5(2-4-6)7(9)10;/h1-4H,8H2,(H,9,10);. The second kappa shape index (κ2) is 4.07. The predicted molar refractivity (Wildman–Crippen MR) is 43.6 cm³/mol. The van der Waals surface area contributed by atoms with Gasteiger partial charge < -0.3 is 10.8 Å². The summed E-state index contributed by atoms with van der Waals surface area (Å²) in [6.07, 6.45) is 0. The van der Waals surface area contributed by atoms with Gasteiger partial charge in [-0.15, -0.1) is 0 Å². The molecule has 11 heavy (non-hydrogen) atoms. The third-order valence-corrected chi connectivity index (χ3v) is 1.16. The zero-order valence-corrected chi connectivity index (χ0v) is 6.24. The minimum Gasteiger partial charge on any atom is -0.478 e. The summed E-state index contributed by atoms with van der Waals surface area (Å²) >= 11 is 0. The molecule has 0 bridgehead atoms. The summed E-state index contributed by atoms with van der Waals surface area (Å²) in [6, 6.07) is 6.06. The molecular formula is C7H7LiNO2. The summed E-state index contributed by atoms with van der Waals surface area (Å²) in [5, 5.41) is 8.43. The van der Waals surface area contributed by atoms with Crippen LogP contribution in [-0.4, -0.2) is 29.9 Å². The molecule has 3 N–H and O–H groups in total. The Kier molecular flexibility index (Phi) is 3.73. The maximum absolute atomic E-state index is 10.3. The number of hydrogen-bond acceptors (Lipinski definition) is 2. The van der Waals surface area contributed by atoms with E-state index in [4.69, 9.17) is 10.8 Å². The monoisotopic (exact) mass is 144 g/mol. The smallest absolute Gasteiger partial charge is 0.335 e. The van der Waals surface area contributed by atoms with E-state index in [-0.39, 0.29) is 24.4 Å². The Morgan fingerprint density at radius 3 is 2.09 bits per heavy atom. The molecule has 0 saturated heterocycles. The van der Waals surface area contributed by atoms with Gasteiger partial charge in [0.2, 0.25) is 0 Å². The molecule has 1 radical (unpaired) electrons. The first-order valence-electron chi connectivity index (χ1n) is 2.79. The van der Waals surface area contributed by atoms with Crippen LogP contribution in [0.1, 0.15) is 10.4 Å². The van der Waals surface area contributed by atoms with E-state index in [0.717, 1.165) is 0 Å². The van der Waals surface area contributed by atoms with Gasteiger partial charge in [-0.2, -0.15) is 0 Å². The van der Waals surface area contributed by atoms with Crippen LogP contribution in [0.3, 0.4) is 0 Å². The van der Waals surface area contributed by atoms with E-state index >= 15 is 0 Å². The van der Waals surface area contributed by atoms with Crippen LogP contribution in [0.15, 0.2) is 24.3 Å². The molecule has 1 aromatic rings. The van der Waals surface area contributed by atoms with E-state index in [1.165, 1.54) is 12.1 Å².